The molecule has 1 aliphatic rings. The zero-order chi connectivity index (χ0) is 8.55. The van der Waals surface area contributed by atoms with Gasteiger partial charge in [-0.2, -0.15) is 4.98 Å². The second kappa shape index (κ2) is 2.44. The van der Waals surface area contributed by atoms with Crippen LogP contribution >= 0.6 is 0 Å². The molecule has 0 bridgehead atoms. The molecule has 5 heteroatoms. The standard InChI is InChI=1S/C7H7N3O2/c11-6-3-5-7(12)8-1-2-10(5)4-9-6/h3-4H,1-2H2,(H,8,12). The molecule has 1 aliphatic heterocycles. The average molecular weight is 165 g/mol. The van der Waals surface area contributed by atoms with Gasteiger partial charge in [0.2, 0.25) is 0 Å². The summed E-state index contributed by atoms with van der Waals surface area (Å²) in [6.07, 6.45) is 1.40. The molecule has 1 N–H and O–H groups in total. The summed E-state index contributed by atoms with van der Waals surface area (Å²) >= 11 is 0. The van der Waals surface area contributed by atoms with Gasteiger partial charge in [-0.15, -0.1) is 0 Å². The highest BCUT2D eigenvalue weighted by Gasteiger charge is 2.14. The van der Waals surface area contributed by atoms with Gasteiger partial charge in [0, 0.05) is 19.2 Å². The maximum atomic E-state index is 11.1. The summed E-state index contributed by atoms with van der Waals surface area (Å²) in [7, 11) is 0. The molecule has 0 unspecified atom stereocenters. The van der Waals surface area contributed by atoms with Crippen LogP contribution in [0.15, 0.2) is 17.2 Å². The lowest BCUT2D eigenvalue weighted by Crippen LogP contribution is -2.37. The van der Waals surface area contributed by atoms with Gasteiger partial charge in [-0.3, -0.25) is 9.59 Å². The van der Waals surface area contributed by atoms with E-state index in [-0.39, 0.29) is 11.5 Å². The summed E-state index contributed by atoms with van der Waals surface area (Å²) in [6.45, 7) is 1.27. The number of hydrogen-bond donors (Lipinski definition) is 1. The lowest BCUT2D eigenvalue weighted by molar-refractivity contribution is 0.0926. The number of nitrogens with one attached hydrogen (secondary N) is 1. The molecule has 0 aromatic carbocycles. The van der Waals surface area contributed by atoms with E-state index in [2.05, 4.69) is 10.3 Å². The number of hydrogen-bond acceptors (Lipinski definition) is 3. The minimum absolute atomic E-state index is 0.208. The SMILES string of the molecule is O=C1NCCn2cnc(=O)cc21. The van der Waals surface area contributed by atoms with Crippen LogP contribution in [-0.2, 0) is 6.54 Å². The van der Waals surface area contributed by atoms with Crippen LogP contribution in [0.25, 0.3) is 0 Å². The summed E-state index contributed by atoms with van der Waals surface area (Å²) in [6, 6.07) is 1.24. The smallest absolute Gasteiger partial charge is 0.273 e. The highest BCUT2D eigenvalue weighted by molar-refractivity contribution is 5.92. The molecule has 1 aromatic rings. The van der Waals surface area contributed by atoms with Gasteiger partial charge >= 0.3 is 0 Å². The van der Waals surface area contributed by atoms with E-state index >= 15 is 0 Å². The second-order valence-corrected chi connectivity index (χ2v) is 2.56. The van der Waals surface area contributed by atoms with E-state index in [4.69, 9.17) is 0 Å². The molecule has 2 heterocycles. The Morgan fingerprint density at radius 2 is 2.33 bits per heavy atom. The molecule has 0 fully saturated rings. The Bertz CT molecular complexity index is 382. The van der Waals surface area contributed by atoms with Crippen LogP contribution in [0.4, 0.5) is 0 Å². The largest absolute Gasteiger partial charge is 0.349 e. The van der Waals surface area contributed by atoms with E-state index < -0.39 is 0 Å². The lowest BCUT2D eigenvalue weighted by atomic mass is 10.3. The Morgan fingerprint density at radius 3 is 3.17 bits per heavy atom. The topological polar surface area (TPSA) is 64.0 Å². The highest BCUT2D eigenvalue weighted by Crippen LogP contribution is 1.99. The van der Waals surface area contributed by atoms with Gasteiger partial charge < -0.3 is 9.88 Å². The molecule has 0 saturated carbocycles. The van der Waals surface area contributed by atoms with E-state index in [0.717, 1.165) is 0 Å². The van der Waals surface area contributed by atoms with Crippen molar-refractivity contribution in [3.8, 4) is 0 Å². The maximum Gasteiger partial charge on any atom is 0.273 e. The first kappa shape index (κ1) is 7.02. The summed E-state index contributed by atoms with van der Waals surface area (Å²) in [4.78, 5) is 25.5. The Kier molecular flexibility index (Phi) is 1.43. The number of nitrogens with zero attached hydrogens (tertiary/aromatic N) is 2. The van der Waals surface area contributed by atoms with E-state index in [0.29, 0.717) is 18.8 Å². The summed E-state index contributed by atoms with van der Waals surface area (Å²) in [5, 5.41) is 2.64. The third kappa shape index (κ3) is 0.990. The lowest BCUT2D eigenvalue weighted by Gasteiger charge is -2.17. The van der Waals surface area contributed by atoms with Crippen molar-refractivity contribution in [2.45, 2.75) is 6.54 Å². The van der Waals surface area contributed by atoms with Crippen molar-refractivity contribution >= 4 is 5.91 Å². The minimum Gasteiger partial charge on any atom is -0.349 e. The van der Waals surface area contributed by atoms with Crippen LogP contribution in [0.5, 0.6) is 0 Å². The molecule has 0 radical (unpaired) electrons. The first-order valence-electron chi connectivity index (χ1n) is 3.62. The van der Waals surface area contributed by atoms with Crippen molar-refractivity contribution in [2.24, 2.45) is 0 Å². The highest BCUT2D eigenvalue weighted by atomic mass is 16.2. The summed E-state index contributed by atoms with van der Waals surface area (Å²) in [5.74, 6) is -0.208. The third-order valence-electron chi connectivity index (χ3n) is 1.76. The van der Waals surface area contributed by atoms with E-state index in [1.54, 1.807) is 4.57 Å². The first-order chi connectivity index (χ1) is 5.77. The van der Waals surface area contributed by atoms with Crippen molar-refractivity contribution in [2.75, 3.05) is 6.54 Å². The second-order valence-electron chi connectivity index (χ2n) is 2.56. The van der Waals surface area contributed by atoms with Crippen LogP contribution in [0.3, 0.4) is 0 Å². The number of carbonyl (C=O) groups excluding carboxylic acids is 1. The minimum atomic E-state index is -0.377. The first-order valence-corrected chi connectivity index (χ1v) is 3.62. The molecule has 0 saturated heterocycles. The van der Waals surface area contributed by atoms with Crippen LogP contribution in [0.2, 0.25) is 0 Å². The fourth-order valence-electron chi connectivity index (χ4n) is 1.18. The fraction of sp³-hybridized carbons (Fsp3) is 0.286. The number of rotatable bonds is 0. The Balaban J connectivity index is 2.61. The molecule has 0 spiro atoms. The van der Waals surface area contributed by atoms with Gasteiger partial charge in [-0.25, -0.2) is 0 Å². The number of fused-ring (bicyclic) bond motifs is 1. The molecule has 12 heavy (non-hydrogen) atoms. The summed E-state index contributed by atoms with van der Waals surface area (Å²) in [5.41, 5.74) is 0.0135. The molecular weight excluding hydrogens is 158 g/mol. The number of amides is 1. The van der Waals surface area contributed by atoms with Crippen LogP contribution in [-0.4, -0.2) is 22.0 Å². The van der Waals surface area contributed by atoms with Crippen LogP contribution < -0.4 is 10.9 Å². The van der Waals surface area contributed by atoms with Crippen molar-refractivity contribution < 1.29 is 4.79 Å². The molecular formula is C7H7N3O2. The Morgan fingerprint density at radius 1 is 1.50 bits per heavy atom. The molecule has 5 nitrogen and oxygen atoms in total. The molecule has 1 amide bonds. The quantitative estimate of drug-likeness (QED) is 0.535. The van der Waals surface area contributed by atoms with Gasteiger partial charge in [0.05, 0.1) is 6.33 Å². The van der Waals surface area contributed by atoms with Gasteiger partial charge in [0.1, 0.15) is 5.69 Å². The van der Waals surface area contributed by atoms with Crippen molar-refractivity contribution in [3.63, 3.8) is 0 Å². The molecule has 0 atom stereocenters. The number of carbonyl (C=O) groups is 1. The van der Waals surface area contributed by atoms with Gasteiger partial charge in [0.15, 0.2) is 0 Å². The van der Waals surface area contributed by atoms with E-state index in [1.807, 2.05) is 0 Å². The molecule has 2 rings (SSSR count). The number of aromatic nitrogens is 2. The Hall–Kier alpha value is -1.65. The zero-order valence-corrected chi connectivity index (χ0v) is 6.28. The van der Waals surface area contributed by atoms with Crippen molar-refractivity contribution in [1.82, 2.24) is 14.9 Å². The summed E-state index contributed by atoms with van der Waals surface area (Å²) < 4.78 is 1.67. The monoisotopic (exact) mass is 165 g/mol. The van der Waals surface area contributed by atoms with Crippen LogP contribution in [0.1, 0.15) is 10.5 Å². The fourth-order valence-corrected chi connectivity index (χ4v) is 1.18. The van der Waals surface area contributed by atoms with E-state index in [1.165, 1.54) is 12.4 Å². The molecule has 1 aromatic heterocycles. The maximum absolute atomic E-state index is 11.1. The molecule has 0 aliphatic carbocycles. The van der Waals surface area contributed by atoms with Gasteiger partial charge in [0.25, 0.3) is 11.5 Å². The Labute approximate surface area is 68.0 Å². The van der Waals surface area contributed by atoms with Crippen LogP contribution in [0, 0.1) is 0 Å². The van der Waals surface area contributed by atoms with Crippen molar-refractivity contribution in [1.29, 1.82) is 0 Å². The van der Waals surface area contributed by atoms with E-state index in [9.17, 15) is 9.59 Å². The zero-order valence-electron chi connectivity index (χ0n) is 6.28. The normalized spacial score (nSPS) is 15.2. The predicted octanol–water partition coefficient (Wildman–Crippen LogP) is -1.01. The third-order valence-corrected chi connectivity index (χ3v) is 1.76. The molecule has 62 valence electrons. The average Bonchev–Trinajstić information content (AvgIpc) is 2.07. The van der Waals surface area contributed by atoms with Crippen molar-refractivity contribution in [3.05, 3.63) is 28.4 Å². The van der Waals surface area contributed by atoms with Gasteiger partial charge in [-0.1, -0.05) is 0 Å². The predicted molar refractivity (Wildman–Crippen MR) is 40.8 cm³/mol. The van der Waals surface area contributed by atoms with Gasteiger partial charge in [-0.05, 0) is 0 Å².